The van der Waals surface area contributed by atoms with Crippen molar-refractivity contribution in [2.24, 2.45) is 0 Å². The number of hydrogen-bond donors (Lipinski definition) is 1. The third kappa shape index (κ3) is 1.59. The third-order valence-electron chi connectivity index (χ3n) is 2.64. The Balaban J connectivity index is 2.37. The SMILES string of the molecule is CCc1nc(C2CSC2)nc(N)c1C. The highest BCUT2D eigenvalue weighted by Gasteiger charge is 2.24. The van der Waals surface area contributed by atoms with Crippen molar-refractivity contribution in [1.29, 1.82) is 0 Å². The fourth-order valence-corrected chi connectivity index (χ4v) is 2.28. The van der Waals surface area contributed by atoms with Gasteiger partial charge in [-0.25, -0.2) is 9.97 Å². The Morgan fingerprint density at radius 2 is 2.14 bits per heavy atom. The summed E-state index contributed by atoms with van der Waals surface area (Å²) in [5.41, 5.74) is 8.00. The molecule has 1 saturated heterocycles. The van der Waals surface area contributed by atoms with E-state index in [0.29, 0.717) is 11.7 Å². The van der Waals surface area contributed by atoms with E-state index in [1.54, 1.807) is 0 Å². The molecule has 0 atom stereocenters. The maximum absolute atomic E-state index is 5.86. The molecule has 2 rings (SSSR count). The lowest BCUT2D eigenvalue weighted by atomic mass is 10.1. The van der Waals surface area contributed by atoms with Crippen LogP contribution in [0.1, 0.15) is 29.9 Å². The first-order valence-corrected chi connectivity index (χ1v) is 6.08. The lowest BCUT2D eigenvalue weighted by molar-refractivity contribution is 0.748. The molecule has 1 aromatic rings. The van der Waals surface area contributed by atoms with Gasteiger partial charge in [0, 0.05) is 28.7 Å². The van der Waals surface area contributed by atoms with Crippen LogP contribution in [0.5, 0.6) is 0 Å². The van der Waals surface area contributed by atoms with E-state index >= 15 is 0 Å². The quantitative estimate of drug-likeness (QED) is 0.806. The van der Waals surface area contributed by atoms with E-state index in [4.69, 9.17) is 5.73 Å². The lowest BCUT2D eigenvalue weighted by Crippen LogP contribution is -2.20. The number of aryl methyl sites for hydroxylation is 1. The summed E-state index contributed by atoms with van der Waals surface area (Å²) in [5, 5.41) is 0. The molecule has 1 aliphatic heterocycles. The average Bonchev–Trinajstić information content (AvgIpc) is 2.08. The van der Waals surface area contributed by atoms with Crippen LogP contribution >= 0.6 is 11.8 Å². The predicted octanol–water partition coefficient (Wildman–Crippen LogP) is 1.76. The van der Waals surface area contributed by atoms with E-state index in [1.165, 1.54) is 0 Å². The fraction of sp³-hybridized carbons (Fsp3) is 0.600. The van der Waals surface area contributed by atoms with Crippen molar-refractivity contribution < 1.29 is 0 Å². The zero-order chi connectivity index (χ0) is 10.1. The van der Waals surface area contributed by atoms with E-state index in [-0.39, 0.29) is 0 Å². The molecular weight excluding hydrogens is 194 g/mol. The highest BCUT2D eigenvalue weighted by molar-refractivity contribution is 8.00. The van der Waals surface area contributed by atoms with Crippen molar-refractivity contribution in [3.8, 4) is 0 Å². The largest absolute Gasteiger partial charge is 0.383 e. The van der Waals surface area contributed by atoms with Crippen LogP contribution in [0.15, 0.2) is 0 Å². The Morgan fingerprint density at radius 1 is 1.43 bits per heavy atom. The molecule has 4 heteroatoms. The first-order chi connectivity index (χ1) is 6.72. The molecule has 0 bridgehead atoms. The minimum absolute atomic E-state index is 0.535. The standard InChI is InChI=1S/C10H15N3S/c1-3-8-6(2)9(11)13-10(12-8)7-4-14-5-7/h7H,3-5H2,1-2H3,(H2,11,12,13). The molecule has 2 heterocycles. The first-order valence-electron chi connectivity index (χ1n) is 4.93. The molecular formula is C10H15N3S. The summed E-state index contributed by atoms with van der Waals surface area (Å²) < 4.78 is 0. The Morgan fingerprint density at radius 3 is 2.64 bits per heavy atom. The fourth-order valence-electron chi connectivity index (χ4n) is 1.51. The van der Waals surface area contributed by atoms with E-state index in [2.05, 4.69) is 16.9 Å². The van der Waals surface area contributed by atoms with Crippen LogP contribution in [0.3, 0.4) is 0 Å². The molecule has 14 heavy (non-hydrogen) atoms. The van der Waals surface area contributed by atoms with Gasteiger partial charge in [-0.3, -0.25) is 0 Å². The Hall–Kier alpha value is -0.770. The maximum Gasteiger partial charge on any atom is 0.135 e. The third-order valence-corrected chi connectivity index (χ3v) is 3.92. The number of thioether (sulfide) groups is 1. The molecule has 0 radical (unpaired) electrons. The molecule has 2 N–H and O–H groups in total. The van der Waals surface area contributed by atoms with Crippen LogP contribution in [-0.4, -0.2) is 21.5 Å². The molecule has 1 aromatic heterocycles. The van der Waals surface area contributed by atoms with Gasteiger partial charge < -0.3 is 5.73 Å². The second kappa shape index (κ2) is 3.77. The van der Waals surface area contributed by atoms with Gasteiger partial charge >= 0.3 is 0 Å². The Bertz CT molecular complexity index is 347. The van der Waals surface area contributed by atoms with Gasteiger partial charge in [-0.15, -0.1) is 0 Å². The van der Waals surface area contributed by atoms with Crippen LogP contribution < -0.4 is 5.73 Å². The molecule has 0 spiro atoms. The highest BCUT2D eigenvalue weighted by Crippen LogP contribution is 2.32. The van der Waals surface area contributed by atoms with Gasteiger partial charge in [0.05, 0.1) is 0 Å². The smallest absolute Gasteiger partial charge is 0.135 e. The summed E-state index contributed by atoms with van der Waals surface area (Å²) in [6, 6.07) is 0. The molecule has 0 aromatic carbocycles. The van der Waals surface area contributed by atoms with Crippen molar-refractivity contribution in [2.45, 2.75) is 26.2 Å². The Labute approximate surface area is 88.5 Å². The van der Waals surface area contributed by atoms with E-state index in [1.807, 2.05) is 18.7 Å². The van der Waals surface area contributed by atoms with E-state index < -0.39 is 0 Å². The summed E-state index contributed by atoms with van der Waals surface area (Å²) >= 11 is 1.94. The maximum atomic E-state index is 5.86. The van der Waals surface area contributed by atoms with E-state index in [0.717, 1.165) is 35.0 Å². The van der Waals surface area contributed by atoms with Crippen molar-refractivity contribution in [2.75, 3.05) is 17.2 Å². The van der Waals surface area contributed by atoms with Crippen molar-refractivity contribution in [3.63, 3.8) is 0 Å². The predicted molar refractivity (Wildman–Crippen MR) is 60.6 cm³/mol. The minimum atomic E-state index is 0.535. The minimum Gasteiger partial charge on any atom is -0.383 e. The number of anilines is 1. The summed E-state index contributed by atoms with van der Waals surface area (Å²) in [6.45, 7) is 4.10. The first kappa shape index (κ1) is 9.77. The monoisotopic (exact) mass is 209 g/mol. The number of nitrogen functional groups attached to an aromatic ring is 1. The molecule has 0 aliphatic carbocycles. The zero-order valence-corrected chi connectivity index (χ0v) is 9.40. The number of nitrogens with zero attached hydrogens (tertiary/aromatic N) is 2. The Kier molecular flexibility index (Phi) is 2.63. The molecule has 1 aliphatic rings. The van der Waals surface area contributed by atoms with Crippen molar-refractivity contribution in [3.05, 3.63) is 17.1 Å². The summed E-state index contributed by atoms with van der Waals surface area (Å²) in [6.07, 6.45) is 0.936. The second-order valence-electron chi connectivity index (χ2n) is 3.63. The van der Waals surface area contributed by atoms with Crippen LogP contribution in [0.25, 0.3) is 0 Å². The number of aromatic nitrogens is 2. The van der Waals surface area contributed by atoms with Crippen LogP contribution in [0.2, 0.25) is 0 Å². The molecule has 1 fully saturated rings. The normalized spacial score (nSPS) is 16.7. The number of rotatable bonds is 2. The molecule has 3 nitrogen and oxygen atoms in total. The van der Waals surface area contributed by atoms with Crippen LogP contribution in [0, 0.1) is 6.92 Å². The van der Waals surface area contributed by atoms with Crippen LogP contribution in [-0.2, 0) is 6.42 Å². The highest BCUT2D eigenvalue weighted by atomic mass is 32.2. The molecule has 0 amide bonds. The number of hydrogen-bond acceptors (Lipinski definition) is 4. The molecule has 0 saturated carbocycles. The lowest BCUT2D eigenvalue weighted by Gasteiger charge is -2.24. The summed E-state index contributed by atoms with van der Waals surface area (Å²) in [7, 11) is 0. The van der Waals surface area contributed by atoms with Crippen molar-refractivity contribution in [1.82, 2.24) is 9.97 Å². The van der Waals surface area contributed by atoms with Gasteiger partial charge in [-0.05, 0) is 13.3 Å². The topological polar surface area (TPSA) is 51.8 Å². The van der Waals surface area contributed by atoms with Gasteiger partial charge in [0.1, 0.15) is 11.6 Å². The van der Waals surface area contributed by atoms with Gasteiger partial charge in [-0.2, -0.15) is 11.8 Å². The molecule has 76 valence electrons. The van der Waals surface area contributed by atoms with Crippen molar-refractivity contribution >= 4 is 17.6 Å². The van der Waals surface area contributed by atoms with E-state index in [9.17, 15) is 0 Å². The van der Waals surface area contributed by atoms with Gasteiger partial charge in [0.15, 0.2) is 0 Å². The second-order valence-corrected chi connectivity index (χ2v) is 4.70. The zero-order valence-electron chi connectivity index (χ0n) is 8.58. The van der Waals surface area contributed by atoms with Gasteiger partial charge in [0.2, 0.25) is 0 Å². The number of nitrogens with two attached hydrogens (primary N) is 1. The average molecular weight is 209 g/mol. The summed E-state index contributed by atoms with van der Waals surface area (Å²) in [5.74, 6) is 4.43. The summed E-state index contributed by atoms with van der Waals surface area (Å²) in [4.78, 5) is 8.93. The van der Waals surface area contributed by atoms with Gasteiger partial charge in [0.25, 0.3) is 0 Å². The molecule has 0 unspecified atom stereocenters. The van der Waals surface area contributed by atoms with Crippen LogP contribution in [0.4, 0.5) is 5.82 Å². The van der Waals surface area contributed by atoms with Gasteiger partial charge in [-0.1, -0.05) is 6.92 Å².